The molecular formula is C20H21ClN2O2. The number of halogens is 1. The summed E-state index contributed by atoms with van der Waals surface area (Å²) in [6, 6.07) is 14.2. The zero-order valence-corrected chi connectivity index (χ0v) is 15.0. The van der Waals surface area contributed by atoms with E-state index in [0.29, 0.717) is 16.3 Å². The van der Waals surface area contributed by atoms with Gasteiger partial charge in [-0.25, -0.2) is 0 Å². The quantitative estimate of drug-likeness (QED) is 0.747. The van der Waals surface area contributed by atoms with E-state index in [-0.39, 0.29) is 17.9 Å². The van der Waals surface area contributed by atoms with Crippen molar-refractivity contribution in [3.8, 4) is 0 Å². The standard InChI is InChI=1S/C20H21ClN2O2/c1-3-14(2)22-20(25)16-8-11-17(12-9-16)23-19(24)13-10-15-6-4-5-7-18(15)21/h4-14H,3H2,1-2H3,(H,22,25)(H,23,24)/b13-10+. The molecule has 4 nitrogen and oxygen atoms in total. The van der Waals surface area contributed by atoms with Gasteiger partial charge in [-0.2, -0.15) is 0 Å². The molecule has 2 aromatic carbocycles. The Hall–Kier alpha value is -2.59. The second-order valence-electron chi connectivity index (χ2n) is 5.70. The van der Waals surface area contributed by atoms with Gasteiger partial charge in [-0.1, -0.05) is 36.7 Å². The van der Waals surface area contributed by atoms with Crippen LogP contribution in [0.4, 0.5) is 5.69 Å². The molecule has 1 unspecified atom stereocenters. The van der Waals surface area contributed by atoms with E-state index in [9.17, 15) is 9.59 Å². The normalized spacial score (nSPS) is 12.0. The maximum atomic E-state index is 12.0. The fourth-order valence-corrected chi connectivity index (χ4v) is 2.27. The lowest BCUT2D eigenvalue weighted by Gasteiger charge is -2.11. The number of amides is 2. The molecule has 2 N–H and O–H groups in total. The van der Waals surface area contributed by atoms with Crippen molar-refractivity contribution in [1.82, 2.24) is 5.32 Å². The van der Waals surface area contributed by atoms with Crippen molar-refractivity contribution < 1.29 is 9.59 Å². The van der Waals surface area contributed by atoms with Crippen LogP contribution in [-0.4, -0.2) is 17.9 Å². The van der Waals surface area contributed by atoms with Crippen LogP contribution in [0.1, 0.15) is 36.2 Å². The van der Waals surface area contributed by atoms with E-state index in [4.69, 9.17) is 11.6 Å². The minimum Gasteiger partial charge on any atom is -0.350 e. The predicted octanol–water partition coefficient (Wildman–Crippen LogP) is 4.52. The molecule has 0 heterocycles. The van der Waals surface area contributed by atoms with Crippen molar-refractivity contribution in [2.24, 2.45) is 0 Å². The fourth-order valence-electron chi connectivity index (χ4n) is 2.07. The molecule has 2 aromatic rings. The number of hydrogen-bond acceptors (Lipinski definition) is 2. The number of carbonyl (C=O) groups excluding carboxylic acids is 2. The summed E-state index contributed by atoms with van der Waals surface area (Å²) in [4.78, 5) is 24.0. The SMILES string of the molecule is CCC(C)NC(=O)c1ccc(NC(=O)/C=C/c2ccccc2Cl)cc1. The number of rotatable bonds is 6. The Labute approximate surface area is 152 Å². The van der Waals surface area contributed by atoms with Gasteiger partial charge in [0.15, 0.2) is 0 Å². The van der Waals surface area contributed by atoms with Crippen LogP contribution in [-0.2, 0) is 4.79 Å². The van der Waals surface area contributed by atoms with E-state index in [1.807, 2.05) is 32.0 Å². The third-order valence-corrected chi connectivity index (χ3v) is 4.07. The summed E-state index contributed by atoms with van der Waals surface area (Å²) >= 11 is 6.04. The molecule has 0 radical (unpaired) electrons. The minimum absolute atomic E-state index is 0.120. The summed E-state index contributed by atoms with van der Waals surface area (Å²) in [6.07, 6.45) is 3.95. The van der Waals surface area contributed by atoms with Crippen LogP contribution in [0.15, 0.2) is 54.6 Å². The molecule has 0 bridgehead atoms. The first-order valence-corrected chi connectivity index (χ1v) is 8.52. The molecule has 0 aliphatic heterocycles. The molecule has 0 aliphatic rings. The number of benzene rings is 2. The fraction of sp³-hybridized carbons (Fsp3) is 0.200. The van der Waals surface area contributed by atoms with Gasteiger partial charge in [0.05, 0.1) is 0 Å². The van der Waals surface area contributed by atoms with Crippen LogP contribution in [0.25, 0.3) is 6.08 Å². The average molecular weight is 357 g/mol. The predicted molar refractivity (Wildman–Crippen MR) is 103 cm³/mol. The van der Waals surface area contributed by atoms with Gasteiger partial charge in [0, 0.05) is 28.4 Å². The molecule has 130 valence electrons. The highest BCUT2D eigenvalue weighted by atomic mass is 35.5. The van der Waals surface area contributed by atoms with Crippen molar-refractivity contribution >= 4 is 35.2 Å². The monoisotopic (exact) mass is 356 g/mol. The van der Waals surface area contributed by atoms with E-state index < -0.39 is 0 Å². The van der Waals surface area contributed by atoms with E-state index in [0.717, 1.165) is 12.0 Å². The van der Waals surface area contributed by atoms with Crippen molar-refractivity contribution in [3.05, 3.63) is 70.8 Å². The number of nitrogens with one attached hydrogen (secondary N) is 2. The Balaban J connectivity index is 1.95. The molecule has 2 rings (SSSR count). The zero-order chi connectivity index (χ0) is 18.2. The van der Waals surface area contributed by atoms with E-state index in [1.54, 1.807) is 36.4 Å². The molecule has 25 heavy (non-hydrogen) atoms. The van der Waals surface area contributed by atoms with Gasteiger partial charge < -0.3 is 10.6 Å². The van der Waals surface area contributed by atoms with Crippen molar-refractivity contribution in [2.45, 2.75) is 26.3 Å². The summed E-state index contributed by atoms with van der Waals surface area (Å²) in [7, 11) is 0. The van der Waals surface area contributed by atoms with Gasteiger partial charge >= 0.3 is 0 Å². The van der Waals surface area contributed by atoms with Crippen molar-refractivity contribution in [1.29, 1.82) is 0 Å². The molecule has 0 spiro atoms. The third kappa shape index (κ3) is 5.76. The van der Waals surface area contributed by atoms with Crippen LogP contribution < -0.4 is 10.6 Å². The van der Waals surface area contributed by atoms with E-state index >= 15 is 0 Å². The van der Waals surface area contributed by atoms with E-state index in [2.05, 4.69) is 10.6 Å². The maximum absolute atomic E-state index is 12.0. The topological polar surface area (TPSA) is 58.2 Å². The summed E-state index contributed by atoms with van der Waals surface area (Å²) in [5, 5.41) is 6.24. The van der Waals surface area contributed by atoms with Crippen molar-refractivity contribution in [3.63, 3.8) is 0 Å². The van der Waals surface area contributed by atoms with Crippen LogP contribution in [0.5, 0.6) is 0 Å². The molecule has 5 heteroatoms. The molecule has 0 saturated carbocycles. The Morgan fingerprint density at radius 2 is 1.80 bits per heavy atom. The van der Waals surface area contributed by atoms with Crippen molar-refractivity contribution in [2.75, 3.05) is 5.32 Å². The third-order valence-electron chi connectivity index (χ3n) is 3.72. The molecule has 0 aromatic heterocycles. The second-order valence-corrected chi connectivity index (χ2v) is 6.11. The molecular weight excluding hydrogens is 336 g/mol. The number of anilines is 1. The van der Waals surface area contributed by atoms with Crippen LogP contribution in [0.3, 0.4) is 0 Å². The Morgan fingerprint density at radius 3 is 2.44 bits per heavy atom. The van der Waals surface area contributed by atoms with Gasteiger partial charge in [0.1, 0.15) is 0 Å². The van der Waals surface area contributed by atoms with Gasteiger partial charge in [0.2, 0.25) is 5.91 Å². The summed E-state index contributed by atoms with van der Waals surface area (Å²) in [5.74, 6) is -0.387. The molecule has 0 aliphatic carbocycles. The first-order chi connectivity index (χ1) is 12.0. The zero-order valence-electron chi connectivity index (χ0n) is 14.3. The van der Waals surface area contributed by atoms with Gasteiger partial charge in [0.25, 0.3) is 5.91 Å². The minimum atomic E-state index is -0.267. The second kappa shape index (κ2) is 9.04. The van der Waals surface area contributed by atoms with Gasteiger partial charge in [-0.15, -0.1) is 0 Å². The summed E-state index contributed by atoms with van der Waals surface area (Å²) < 4.78 is 0. The highest BCUT2D eigenvalue weighted by Gasteiger charge is 2.08. The smallest absolute Gasteiger partial charge is 0.251 e. The molecule has 0 saturated heterocycles. The Bertz CT molecular complexity index is 770. The first-order valence-electron chi connectivity index (χ1n) is 8.14. The largest absolute Gasteiger partial charge is 0.350 e. The highest BCUT2D eigenvalue weighted by molar-refractivity contribution is 6.32. The van der Waals surface area contributed by atoms with E-state index in [1.165, 1.54) is 6.08 Å². The first kappa shape index (κ1) is 18.7. The Morgan fingerprint density at radius 1 is 1.12 bits per heavy atom. The summed E-state index contributed by atoms with van der Waals surface area (Å²) in [6.45, 7) is 3.97. The number of hydrogen-bond donors (Lipinski definition) is 2. The average Bonchev–Trinajstić information content (AvgIpc) is 2.61. The lowest BCUT2D eigenvalue weighted by atomic mass is 10.1. The lowest BCUT2D eigenvalue weighted by Crippen LogP contribution is -2.31. The molecule has 2 amide bonds. The molecule has 0 fully saturated rings. The summed E-state index contributed by atoms with van der Waals surface area (Å²) in [5.41, 5.74) is 1.95. The Kier molecular flexibility index (Phi) is 6.78. The van der Waals surface area contributed by atoms with Gasteiger partial charge in [-0.3, -0.25) is 9.59 Å². The highest BCUT2D eigenvalue weighted by Crippen LogP contribution is 2.16. The van der Waals surface area contributed by atoms with Crippen LogP contribution >= 0.6 is 11.6 Å². The lowest BCUT2D eigenvalue weighted by molar-refractivity contribution is -0.111. The molecule has 1 atom stereocenters. The van der Waals surface area contributed by atoms with Crippen LogP contribution in [0, 0.1) is 0 Å². The van der Waals surface area contributed by atoms with Gasteiger partial charge in [-0.05, 0) is 55.3 Å². The maximum Gasteiger partial charge on any atom is 0.251 e. The van der Waals surface area contributed by atoms with Crippen LogP contribution in [0.2, 0.25) is 5.02 Å². The number of carbonyl (C=O) groups is 2.